The Labute approximate surface area is 158 Å². The lowest BCUT2D eigenvalue weighted by Crippen LogP contribution is -2.41. The number of amides is 1. The van der Waals surface area contributed by atoms with E-state index in [0.717, 1.165) is 17.0 Å². The summed E-state index contributed by atoms with van der Waals surface area (Å²) in [5, 5.41) is 0. The quantitative estimate of drug-likeness (QED) is 0.610. The minimum Gasteiger partial charge on any atom is -0.376 e. The van der Waals surface area contributed by atoms with Crippen molar-refractivity contribution in [3.05, 3.63) is 65.7 Å². The lowest BCUT2D eigenvalue weighted by Gasteiger charge is -2.26. The van der Waals surface area contributed by atoms with Gasteiger partial charge in [0, 0.05) is 7.05 Å². The number of carbonyl (C=O) groups is 1. The maximum atomic E-state index is 13.0. The van der Waals surface area contributed by atoms with E-state index in [1.165, 1.54) is 19.2 Å². The molecule has 28 heavy (non-hydrogen) atoms. The fourth-order valence-electron chi connectivity index (χ4n) is 2.81. The van der Waals surface area contributed by atoms with Crippen LogP contribution in [0, 0.1) is 0 Å². The number of carbonyl (C=O) groups excluding carboxylic acids is 1. The first kappa shape index (κ1) is 19.7. The second kappa shape index (κ2) is 6.51. The van der Waals surface area contributed by atoms with Crippen molar-refractivity contribution in [2.75, 3.05) is 7.05 Å². The Morgan fingerprint density at radius 3 is 2.21 bits per heavy atom. The van der Waals surface area contributed by atoms with Crippen molar-refractivity contribution in [3.8, 4) is 5.75 Å². The smallest absolute Gasteiger partial charge is 0.376 e. The molecule has 0 saturated carbocycles. The lowest BCUT2D eigenvalue weighted by atomic mass is 9.83. The standard InChI is InChI=1S/C17H14F3N3O4S/c1-23-14(24)16(22-15(23)21,11-6-3-2-4-7-11)12-8-5-9-13(10-12)27-28(25,26)17(18,19)20/h2-10H,1H3,(H2,21,22). The number of likely N-dealkylation sites (N-methyl/N-ethyl adjacent to an activating group) is 1. The van der Waals surface area contributed by atoms with Crippen molar-refractivity contribution in [1.82, 2.24) is 4.90 Å². The van der Waals surface area contributed by atoms with E-state index in [0.29, 0.717) is 5.56 Å². The predicted molar refractivity (Wildman–Crippen MR) is 93.7 cm³/mol. The minimum atomic E-state index is -5.87. The molecule has 1 aliphatic heterocycles. The molecule has 1 amide bonds. The minimum absolute atomic E-state index is 0.0944. The molecule has 0 aromatic heterocycles. The fourth-order valence-corrected chi connectivity index (χ4v) is 3.26. The Morgan fingerprint density at radius 1 is 1.07 bits per heavy atom. The van der Waals surface area contributed by atoms with Gasteiger partial charge in [0.15, 0.2) is 11.5 Å². The van der Waals surface area contributed by atoms with Gasteiger partial charge in [0.1, 0.15) is 5.75 Å². The third-order valence-electron chi connectivity index (χ3n) is 4.17. The van der Waals surface area contributed by atoms with E-state index in [4.69, 9.17) is 5.73 Å². The fraction of sp³-hybridized carbons (Fsp3) is 0.176. The number of hydrogen-bond acceptors (Lipinski definition) is 6. The molecule has 2 aromatic rings. The second-order valence-electron chi connectivity index (χ2n) is 5.92. The number of aliphatic imine (C=N–C) groups is 1. The van der Waals surface area contributed by atoms with Crippen molar-refractivity contribution >= 4 is 22.0 Å². The lowest BCUT2D eigenvalue weighted by molar-refractivity contribution is -0.129. The largest absolute Gasteiger partial charge is 0.534 e. The molecule has 3 rings (SSSR count). The van der Waals surface area contributed by atoms with Crippen LogP contribution in [0.4, 0.5) is 13.2 Å². The summed E-state index contributed by atoms with van der Waals surface area (Å²) in [6, 6.07) is 13.0. The molecule has 1 aliphatic rings. The molecule has 2 aromatic carbocycles. The van der Waals surface area contributed by atoms with Gasteiger partial charge in [0.05, 0.1) is 0 Å². The number of nitrogens with two attached hydrogens (primary N) is 1. The Hall–Kier alpha value is -3.08. The number of guanidine groups is 1. The third-order valence-corrected chi connectivity index (χ3v) is 5.15. The summed E-state index contributed by atoms with van der Waals surface area (Å²) in [6.45, 7) is 0. The Morgan fingerprint density at radius 2 is 1.68 bits per heavy atom. The zero-order valence-corrected chi connectivity index (χ0v) is 15.2. The molecule has 11 heteroatoms. The highest BCUT2D eigenvalue weighted by Crippen LogP contribution is 2.40. The van der Waals surface area contributed by atoms with Crippen LogP contribution in [-0.2, 0) is 20.5 Å². The van der Waals surface area contributed by atoms with E-state index in [9.17, 15) is 26.4 Å². The Bertz CT molecular complexity index is 1050. The molecule has 1 heterocycles. The number of hydrogen-bond donors (Lipinski definition) is 1. The van der Waals surface area contributed by atoms with Crippen LogP contribution in [0.3, 0.4) is 0 Å². The average Bonchev–Trinajstić information content (AvgIpc) is 2.86. The molecule has 7 nitrogen and oxygen atoms in total. The summed E-state index contributed by atoms with van der Waals surface area (Å²) >= 11 is 0. The second-order valence-corrected chi connectivity index (χ2v) is 7.46. The van der Waals surface area contributed by atoms with Gasteiger partial charge in [-0.2, -0.15) is 21.6 Å². The van der Waals surface area contributed by atoms with Crippen molar-refractivity contribution < 1.29 is 30.6 Å². The molecule has 0 saturated heterocycles. The van der Waals surface area contributed by atoms with Gasteiger partial charge in [-0.05, 0) is 23.3 Å². The van der Waals surface area contributed by atoms with E-state index in [2.05, 4.69) is 9.18 Å². The topological polar surface area (TPSA) is 102 Å². The van der Waals surface area contributed by atoms with E-state index in [1.807, 2.05) is 0 Å². The van der Waals surface area contributed by atoms with E-state index in [1.54, 1.807) is 30.3 Å². The number of halogens is 3. The van der Waals surface area contributed by atoms with Crippen molar-refractivity contribution in [1.29, 1.82) is 0 Å². The number of rotatable bonds is 4. The van der Waals surface area contributed by atoms with Crippen LogP contribution in [0.25, 0.3) is 0 Å². The maximum absolute atomic E-state index is 13.0. The number of benzene rings is 2. The molecule has 0 fully saturated rings. The van der Waals surface area contributed by atoms with Crippen LogP contribution in [0.1, 0.15) is 11.1 Å². The average molecular weight is 413 g/mol. The van der Waals surface area contributed by atoms with Crippen LogP contribution in [-0.4, -0.2) is 37.7 Å². The molecule has 148 valence electrons. The molecule has 0 aliphatic carbocycles. The Balaban J connectivity index is 2.16. The molecule has 1 unspecified atom stereocenters. The monoisotopic (exact) mass is 413 g/mol. The predicted octanol–water partition coefficient (Wildman–Crippen LogP) is 1.95. The van der Waals surface area contributed by atoms with Gasteiger partial charge in [0.25, 0.3) is 5.91 Å². The van der Waals surface area contributed by atoms with Crippen LogP contribution >= 0.6 is 0 Å². The highest BCUT2D eigenvalue weighted by Gasteiger charge is 2.51. The van der Waals surface area contributed by atoms with Crippen LogP contribution in [0.5, 0.6) is 5.75 Å². The van der Waals surface area contributed by atoms with Crippen LogP contribution in [0.2, 0.25) is 0 Å². The molecule has 0 bridgehead atoms. The Kier molecular flexibility index (Phi) is 4.58. The van der Waals surface area contributed by atoms with Crippen LogP contribution in [0.15, 0.2) is 59.6 Å². The molecule has 0 radical (unpaired) electrons. The number of nitrogens with zero attached hydrogens (tertiary/aromatic N) is 2. The van der Waals surface area contributed by atoms with E-state index in [-0.39, 0.29) is 11.5 Å². The van der Waals surface area contributed by atoms with E-state index < -0.39 is 32.8 Å². The van der Waals surface area contributed by atoms with Gasteiger partial charge in [-0.1, -0.05) is 42.5 Å². The van der Waals surface area contributed by atoms with E-state index >= 15 is 0 Å². The molecular weight excluding hydrogens is 399 g/mol. The summed E-state index contributed by atoms with van der Waals surface area (Å²) in [6.07, 6.45) is 0. The van der Waals surface area contributed by atoms with Gasteiger partial charge in [-0.25, -0.2) is 4.99 Å². The third kappa shape index (κ3) is 3.07. The van der Waals surface area contributed by atoms with Gasteiger partial charge >= 0.3 is 15.6 Å². The molecular formula is C17H14F3N3O4S. The zero-order valence-electron chi connectivity index (χ0n) is 14.3. The first-order chi connectivity index (χ1) is 13.0. The highest BCUT2D eigenvalue weighted by molar-refractivity contribution is 7.88. The van der Waals surface area contributed by atoms with Gasteiger partial charge in [-0.3, -0.25) is 9.69 Å². The van der Waals surface area contributed by atoms with Gasteiger partial charge in [-0.15, -0.1) is 0 Å². The first-order valence-electron chi connectivity index (χ1n) is 7.79. The van der Waals surface area contributed by atoms with Gasteiger partial charge in [0.2, 0.25) is 0 Å². The summed E-state index contributed by atoms with van der Waals surface area (Å²) < 4.78 is 64.6. The SMILES string of the molecule is CN1C(=O)C(c2ccccc2)(c2cccc(OS(=O)(=O)C(F)(F)F)c2)N=C1N. The summed E-state index contributed by atoms with van der Waals surface area (Å²) in [7, 11) is -4.46. The summed E-state index contributed by atoms with van der Waals surface area (Å²) in [5.41, 5.74) is -0.967. The molecule has 2 N–H and O–H groups in total. The summed E-state index contributed by atoms with van der Waals surface area (Å²) in [5.74, 6) is -1.25. The highest BCUT2D eigenvalue weighted by atomic mass is 32.2. The van der Waals surface area contributed by atoms with Crippen molar-refractivity contribution in [2.45, 2.75) is 11.0 Å². The van der Waals surface area contributed by atoms with Crippen LogP contribution < -0.4 is 9.92 Å². The molecule has 1 atom stereocenters. The zero-order chi connectivity index (χ0) is 20.7. The molecule has 0 spiro atoms. The normalized spacial score (nSPS) is 20.2. The number of alkyl halides is 3. The summed E-state index contributed by atoms with van der Waals surface area (Å²) in [4.78, 5) is 18.3. The van der Waals surface area contributed by atoms with Crippen molar-refractivity contribution in [3.63, 3.8) is 0 Å². The van der Waals surface area contributed by atoms with Gasteiger partial charge < -0.3 is 9.92 Å². The van der Waals surface area contributed by atoms with Crippen molar-refractivity contribution in [2.24, 2.45) is 10.7 Å². The first-order valence-corrected chi connectivity index (χ1v) is 9.20. The maximum Gasteiger partial charge on any atom is 0.534 e.